The fourth-order valence-corrected chi connectivity index (χ4v) is 7.72. The molecule has 4 aliphatic carbocycles. The Hall–Kier alpha value is -0.700. The van der Waals surface area contributed by atoms with Crippen LogP contribution in [-0.4, -0.2) is 22.8 Å². The molecule has 0 heterocycles. The summed E-state index contributed by atoms with van der Waals surface area (Å²) in [5, 5.41) is 10.1. The normalized spacial score (nSPS) is 53.9. The lowest BCUT2D eigenvalue weighted by molar-refractivity contribution is -0.162. The number of rotatable bonds is 1. The first kappa shape index (κ1) is 16.8. The third kappa shape index (κ3) is 2.12. The van der Waals surface area contributed by atoms with Gasteiger partial charge >= 0.3 is 0 Å². The van der Waals surface area contributed by atoms with Crippen LogP contribution in [0.25, 0.3) is 0 Å². The van der Waals surface area contributed by atoms with Crippen LogP contribution in [0.2, 0.25) is 0 Å². The lowest BCUT2D eigenvalue weighted by Gasteiger charge is -2.59. The summed E-state index contributed by atoms with van der Waals surface area (Å²) in [5.74, 6) is 2.48. The van der Waals surface area contributed by atoms with E-state index in [-0.39, 0.29) is 34.6 Å². The Kier molecular flexibility index (Phi) is 3.77. The summed E-state index contributed by atoms with van der Waals surface area (Å²) in [6, 6.07) is 0. The summed E-state index contributed by atoms with van der Waals surface area (Å²) in [4.78, 5) is 25.5. The van der Waals surface area contributed by atoms with Gasteiger partial charge in [0.25, 0.3) is 0 Å². The van der Waals surface area contributed by atoms with Gasteiger partial charge in [-0.2, -0.15) is 0 Å². The molecule has 24 heavy (non-hydrogen) atoms. The highest BCUT2D eigenvalue weighted by molar-refractivity contribution is 5.87. The van der Waals surface area contributed by atoms with Crippen molar-refractivity contribution in [3.8, 4) is 0 Å². The Bertz CT molecular complexity index is 569. The zero-order chi connectivity index (χ0) is 17.3. The van der Waals surface area contributed by atoms with Crippen LogP contribution < -0.4 is 0 Å². The van der Waals surface area contributed by atoms with Crippen LogP contribution in [0.5, 0.6) is 0 Å². The molecule has 0 saturated heterocycles. The summed E-state index contributed by atoms with van der Waals surface area (Å²) in [7, 11) is 0. The molecular weight excluding hydrogens is 300 g/mol. The number of Topliss-reactive ketones (excluding diaryl/α,β-unsaturated/α-hetero) is 2. The molecule has 4 fully saturated rings. The van der Waals surface area contributed by atoms with E-state index in [4.69, 9.17) is 0 Å². The van der Waals surface area contributed by atoms with Crippen molar-refractivity contribution in [1.82, 2.24) is 0 Å². The van der Waals surface area contributed by atoms with Crippen LogP contribution in [0.4, 0.5) is 0 Å². The fraction of sp³-hybridized carbons (Fsp3) is 0.905. The van der Waals surface area contributed by atoms with Crippen molar-refractivity contribution in [3.05, 3.63) is 0 Å². The number of hydrogen-bond acceptors (Lipinski definition) is 3. The number of carbonyl (C=O) groups excluding carboxylic acids is 2. The zero-order valence-electron chi connectivity index (χ0n) is 15.4. The number of hydrogen-bond donors (Lipinski definition) is 1. The quantitative estimate of drug-likeness (QED) is 0.795. The van der Waals surface area contributed by atoms with Crippen molar-refractivity contribution in [2.45, 2.75) is 78.2 Å². The van der Waals surface area contributed by atoms with Crippen LogP contribution in [0.3, 0.4) is 0 Å². The van der Waals surface area contributed by atoms with Crippen LogP contribution in [0, 0.1) is 40.4 Å². The van der Waals surface area contributed by atoms with Gasteiger partial charge in [-0.25, -0.2) is 0 Å². The van der Waals surface area contributed by atoms with Gasteiger partial charge in [0, 0.05) is 18.3 Å². The molecule has 3 unspecified atom stereocenters. The highest BCUT2D eigenvalue weighted by Gasteiger charge is 2.63. The Morgan fingerprint density at radius 2 is 1.83 bits per heavy atom. The monoisotopic (exact) mass is 332 g/mol. The molecule has 0 aromatic heterocycles. The number of ketones is 2. The molecule has 0 spiro atoms. The second-order valence-electron chi connectivity index (χ2n) is 9.85. The van der Waals surface area contributed by atoms with Gasteiger partial charge in [-0.15, -0.1) is 0 Å². The lowest BCUT2D eigenvalue weighted by Crippen LogP contribution is -2.58. The summed E-state index contributed by atoms with van der Waals surface area (Å²) in [6.07, 6.45) is 7.53. The maximum Gasteiger partial charge on any atom is 0.137 e. The average Bonchev–Trinajstić information content (AvgIpc) is 2.84. The van der Waals surface area contributed by atoms with Gasteiger partial charge in [-0.1, -0.05) is 13.8 Å². The van der Waals surface area contributed by atoms with E-state index in [0.29, 0.717) is 30.0 Å². The lowest BCUT2D eigenvalue weighted by atomic mass is 9.44. The average molecular weight is 332 g/mol. The van der Waals surface area contributed by atoms with Gasteiger partial charge in [0.05, 0.1) is 6.10 Å². The van der Waals surface area contributed by atoms with Crippen molar-refractivity contribution in [1.29, 1.82) is 0 Å². The maximum absolute atomic E-state index is 13.3. The first-order valence-electron chi connectivity index (χ1n) is 9.98. The summed E-state index contributed by atoms with van der Waals surface area (Å²) < 4.78 is 0. The van der Waals surface area contributed by atoms with Gasteiger partial charge < -0.3 is 5.11 Å². The Morgan fingerprint density at radius 1 is 1.08 bits per heavy atom. The molecule has 0 radical (unpaired) electrons. The summed E-state index contributed by atoms with van der Waals surface area (Å²) >= 11 is 0. The minimum atomic E-state index is -0.169. The van der Waals surface area contributed by atoms with E-state index in [1.54, 1.807) is 6.92 Å². The smallest absolute Gasteiger partial charge is 0.137 e. The van der Waals surface area contributed by atoms with E-state index in [9.17, 15) is 14.7 Å². The molecule has 0 aliphatic heterocycles. The van der Waals surface area contributed by atoms with Crippen molar-refractivity contribution in [3.63, 3.8) is 0 Å². The van der Waals surface area contributed by atoms with E-state index in [1.165, 1.54) is 0 Å². The van der Waals surface area contributed by atoms with Crippen molar-refractivity contribution >= 4 is 11.6 Å². The van der Waals surface area contributed by atoms with Crippen molar-refractivity contribution in [2.75, 3.05) is 0 Å². The second kappa shape index (κ2) is 5.40. The minimum Gasteiger partial charge on any atom is -0.393 e. The topological polar surface area (TPSA) is 54.4 Å². The Balaban J connectivity index is 1.68. The maximum atomic E-state index is 13.3. The SMILES string of the molecule is CC(=O)[C@H]1CCC2[C@@H]3CCC4C[C@H](O)CC[C@]4(C)C3C(=O)C[C@@]21C. The molecule has 0 bridgehead atoms. The van der Waals surface area contributed by atoms with Crippen molar-refractivity contribution in [2.24, 2.45) is 40.4 Å². The number of carbonyl (C=O) groups is 2. The first-order valence-corrected chi connectivity index (χ1v) is 9.98. The van der Waals surface area contributed by atoms with Crippen molar-refractivity contribution < 1.29 is 14.7 Å². The van der Waals surface area contributed by atoms with Gasteiger partial charge in [-0.3, -0.25) is 9.59 Å². The molecule has 8 atom stereocenters. The predicted octanol–water partition coefficient (Wildman–Crippen LogP) is 3.77. The molecule has 0 amide bonds. The van der Waals surface area contributed by atoms with E-state index in [1.807, 2.05) is 0 Å². The summed E-state index contributed by atoms with van der Waals surface area (Å²) in [5.41, 5.74) is -0.0175. The zero-order valence-corrected chi connectivity index (χ0v) is 15.4. The molecule has 3 nitrogen and oxygen atoms in total. The van der Waals surface area contributed by atoms with Crippen LogP contribution in [0.15, 0.2) is 0 Å². The van der Waals surface area contributed by atoms with Crippen LogP contribution >= 0.6 is 0 Å². The first-order chi connectivity index (χ1) is 11.3. The van der Waals surface area contributed by atoms with Gasteiger partial charge in [0.15, 0.2) is 0 Å². The molecule has 4 saturated carbocycles. The number of fused-ring (bicyclic) bond motifs is 5. The fourth-order valence-electron chi connectivity index (χ4n) is 7.72. The second-order valence-corrected chi connectivity index (χ2v) is 9.85. The molecule has 4 rings (SSSR count). The number of aliphatic hydroxyl groups is 1. The molecule has 0 aromatic rings. The van der Waals surface area contributed by atoms with Crippen LogP contribution in [0.1, 0.15) is 72.1 Å². The molecule has 1 N–H and O–H groups in total. The molecular formula is C21H32O3. The van der Waals surface area contributed by atoms with Gasteiger partial charge in [0.2, 0.25) is 0 Å². The third-order valence-electron chi connectivity index (χ3n) is 8.81. The largest absolute Gasteiger partial charge is 0.393 e. The minimum absolute atomic E-state index is 0.0782. The predicted molar refractivity (Wildman–Crippen MR) is 92.3 cm³/mol. The Morgan fingerprint density at radius 3 is 2.54 bits per heavy atom. The number of aliphatic hydroxyl groups excluding tert-OH is 1. The summed E-state index contributed by atoms with van der Waals surface area (Å²) in [6.45, 7) is 6.28. The highest BCUT2D eigenvalue weighted by atomic mass is 16.3. The molecule has 3 heteroatoms. The van der Waals surface area contributed by atoms with E-state index < -0.39 is 0 Å². The van der Waals surface area contributed by atoms with Crippen LogP contribution in [-0.2, 0) is 9.59 Å². The van der Waals surface area contributed by atoms with E-state index >= 15 is 0 Å². The van der Waals surface area contributed by atoms with Gasteiger partial charge in [-0.05, 0) is 80.5 Å². The Labute approximate surface area is 145 Å². The molecule has 134 valence electrons. The third-order valence-corrected chi connectivity index (χ3v) is 8.81. The van der Waals surface area contributed by atoms with Gasteiger partial charge in [0.1, 0.15) is 11.6 Å². The standard InChI is InChI=1S/C21H32O3/c1-12(22)16-6-7-17-15-5-4-13-10-14(23)8-9-20(13,2)19(15)18(24)11-21(16,17)3/h13-17,19,23H,4-11H2,1-3H3/t13?,14-,15+,16-,17?,19?,20+,21-/m1/s1. The molecule has 4 aliphatic rings. The molecule has 0 aromatic carbocycles. The van der Waals surface area contributed by atoms with E-state index in [2.05, 4.69) is 13.8 Å². The van der Waals surface area contributed by atoms with E-state index in [0.717, 1.165) is 44.9 Å². The highest BCUT2D eigenvalue weighted by Crippen LogP contribution is 2.66.